The number of fused-ring (bicyclic) bond motifs is 1. The largest absolute Gasteiger partial charge is 0.342 e. The molecule has 0 aliphatic carbocycles. The first-order valence-electron chi connectivity index (χ1n) is 8.06. The summed E-state index contributed by atoms with van der Waals surface area (Å²) in [7, 11) is 1.89. The molecule has 0 aliphatic rings. The number of nitrogens with zero attached hydrogens (tertiary/aromatic N) is 3. The van der Waals surface area contributed by atoms with Gasteiger partial charge in [0.1, 0.15) is 5.82 Å². The third kappa shape index (κ3) is 3.73. The first-order chi connectivity index (χ1) is 11.6. The molecular formula is C17H22N6O. The highest BCUT2D eigenvalue weighted by atomic mass is 16.2. The van der Waals surface area contributed by atoms with Crippen LogP contribution < -0.4 is 10.6 Å². The van der Waals surface area contributed by atoms with Gasteiger partial charge in [0.2, 0.25) is 0 Å². The molecule has 0 saturated heterocycles. The maximum absolute atomic E-state index is 11.8. The van der Waals surface area contributed by atoms with Crippen molar-refractivity contribution in [2.75, 3.05) is 6.54 Å². The van der Waals surface area contributed by atoms with Crippen LogP contribution in [0.1, 0.15) is 23.5 Å². The Hall–Kier alpha value is -2.83. The number of carbonyl (C=O) groups excluding carboxylic acids is 1. The van der Waals surface area contributed by atoms with Gasteiger partial charge in [-0.1, -0.05) is 12.1 Å². The molecule has 0 aliphatic heterocycles. The van der Waals surface area contributed by atoms with Crippen molar-refractivity contribution < 1.29 is 4.79 Å². The van der Waals surface area contributed by atoms with Gasteiger partial charge < -0.3 is 15.6 Å². The molecule has 0 saturated carbocycles. The average molecular weight is 326 g/mol. The lowest BCUT2D eigenvalue weighted by molar-refractivity contribution is 0.240. The second kappa shape index (κ2) is 7.16. The number of rotatable bonds is 6. The molecule has 2 heterocycles. The molecule has 3 N–H and O–H groups in total. The summed E-state index contributed by atoms with van der Waals surface area (Å²) in [6.45, 7) is 3.07. The monoisotopic (exact) mass is 326 g/mol. The number of hydrogen-bond acceptors (Lipinski definition) is 3. The summed E-state index contributed by atoms with van der Waals surface area (Å²) < 4.78 is 1.79. The van der Waals surface area contributed by atoms with Crippen LogP contribution in [0.25, 0.3) is 11.0 Å². The van der Waals surface area contributed by atoms with Gasteiger partial charge in [-0.25, -0.2) is 9.78 Å². The molecule has 3 rings (SSSR count). The van der Waals surface area contributed by atoms with E-state index in [9.17, 15) is 4.79 Å². The second-order valence-electron chi connectivity index (χ2n) is 5.79. The van der Waals surface area contributed by atoms with Crippen molar-refractivity contribution in [3.63, 3.8) is 0 Å². The zero-order valence-electron chi connectivity index (χ0n) is 14.0. The van der Waals surface area contributed by atoms with Gasteiger partial charge in [0.15, 0.2) is 0 Å². The Kier molecular flexibility index (Phi) is 4.79. The Morgan fingerprint density at radius 2 is 2.12 bits per heavy atom. The number of urea groups is 1. The topological polar surface area (TPSA) is 87.6 Å². The van der Waals surface area contributed by atoms with Crippen LogP contribution in [-0.4, -0.2) is 32.3 Å². The predicted octanol–water partition coefficient (Wildman–Crippen LogP) is 2.04. The molecule has 0 bridgehead atoms. The average Bonchev–Trinajstić information content (AvgIpc) is 3.14. The van der Waals surface area contributed by atoms with Gasteiger partial charge in [0.25, 0.3) is 0 Å². The van der Waals surface area contributed by atoms with Gasteiger partial charge in [0.05, 0.1) is 17.2 Å². The minimum absolute atomic E-state index is 0.164. The Bertz CT molecular complexity index is 802. The molecule has 7 nitrogen and oxygen atoms in total. The number of amides is 2. The first kappa shape index (κ1) is 16.0. The first-order valence-corrected chi connectivity index (χ1v) is 8.06. The lowest BCUT2D eigenvalue weighted by atomic mass is 10.2. The van der Waals surface area contributed by atoms with Gasteiger partial charge in [-0.15, -0.1) is 0 Å². The maximum atomic E-state index is 11.8. The number of carbonyl (C=O) groups is 1. The molecule has 3 aromatic rings. The van der Waals surface area contributed by atoms with Gasteiger partial charge in [-0.05, 0) is 25.5 Å². The van der Waals surface area contributed by atoms with E-state index < -0.39 is 0 Å². The number of para-hydroxylation sites is 2. The van der Waals surface area contributed by atoms with Crippen molar-refractivity contribution in [2.24, 2.45) is 7.05 Å². The van der Waals surface area contributed by atoms with Crippen LogP contribution in [0.2, 0.25) is 0 Å². The smallest absolute Gasteiger partial charge is 0.315 e. The fraction of sp³-hybridized carbons (Fsp3) is 0.353. The summed E-state index contributed by atoms with van der Waals surface area (Å²) in [6, 6.07) is 7.80. The van der Waals surface area contributed by atoms with Crippen molar-refractivity contribution in [1.29, 1.82) is 0 Å². The van der Waals surface area contributed by atoms with E-state index in [4.69, 9.17) is 0 Å². The van der Waals surface area contributed by atoms with Gasteiger partial charge in [-0.3, -0.25) is 4.68 Å². The Balaban J connectivity index is 1.38. The van der Waals surface area contributed by atoms with Crippen molar-refractivity contribution in [3.05, 3.63) is 47.5 Å². The lowest BCUT2D eigenvalue weighted by Crippen LogP contribution is -2.35. The summed E-state index contributed by atoms with van der Waals surface area (Å²) in [6.07, 6.45) is 3.41. The third-order valence-electron chi connectivity index (χ3n) is 4.09. The molecule has 0 atom stereocenters. The zero-order chi connectivity index (χ0) is 16.9. The quantitative estimate of drug-likeness (QED) is 0.606. The number of aryl methyl sites for hydroxylation is 2. The van der Waals surface area contributed by atoms with E-state index in [0.29, 0.717) is 13.1 Å². The normalized spacial score (nSPS) is 10.9. The van der Waals surface area contributed by atoms with Crippen LogP contribution in [0.4, 0.5) is 4.79 Å². The molecule has 24 heavy (non-hydrogen) atoms. The van der Waals surface area contributed by atoms with E-state index in [-0.39, 0.29) is 6.03 Å². The number of aromatic amines is 1. The highest BCUT2D eigenvalue weighted by molar-refractivity contribution is 5.75. The van der Waals surface area contributed by atoms with E-state index in [1.165, 1.54) is 0 Å². The molecule has 2 aromatic heterocycles. The van der Waals surface area contributed by atoms with Crippen molar-refractivity contribution in [2.45, 2.75) is 26.3 Å². The number of imidazole rings is 1. The molecule has 2 amide bonds. The van der Waals surface area contributed by atoms with Crippen LogP contribution in [0.15, 0.2) is 30.5 Å². The molecule has 0 fully saturated rings. The summed E-state index contributed by atoms with van der Waals surface area (Å²) in [5, 5.41) is 9.87. The number of benzene rings is 1. The minimum Gasteiger partial charge on any atom is -0.342 e. The van der Waals surface area contributed by atoms with E-state index in [2.05, 4.69) is 25.7 Å². The van der Waals surface area contributed by atoms with Crippen LogP contribution in [-0.2, 0) is 20.0 Å². The lowest BCUT2D eigenvalue weighted by Gasteiger charge is -2.07. The molecule has 1 aromatic carbocycles. The summed E-state index contributed by atoms with van der Waals surface area (Å²) in [4.78, 5) is 19.6. The maximum Gasteiger partial charge on any atom is 0.315 e. The van der Waals surface area contributed by atoms with Gasteiger partial charge in [0, 0.05) is 37.8 Å². The third-order valence-corrected chi connectivity index (χ3v) is 4.09. The van der Waals surface area contributed by atoms with Gasteiger partial charge in [-0.2, -0.15) is 5.10 Å². The number of nitrogens with one attached hydrogen (secondary N) is 3. The molecule has 0 unspecified atom stereocenters. The minimum atomic E-state index is -0.164. The number of aromatic nitrogens is 4. The molecule has 0 spiro atoms. The Morgan fingerprint density at radius 3 is 2.88 bits per heavy atom. The molecular weight excluding hydrogens is 304 g/mol. The van der Waals surface area contributed by atoms with E-state index in [1.54, 1.807) is 10.9 Å². The Labute approximate surface area is 140 Å². The summed E-state index contributed by atoms with van der Waals surface area (Å²) >= 11 is 0. The van der Waals surface area contributed by atoms with Crippen molar-refractivity contribution >= 4 is 17.1 Å². The van der Waals surface area contributed by atoms with E-state index >= 15 is 0 Å². The summed E-state index contributed by atoms with van der Waals surface area (Å²) in [5.41, 5.74) is 4.10. The molecule has 7 heteroatoms. The van der Waals surface area contributed by atoms with E-state index in [1.807, 2.05) is 38.2 Å². The fourth-order valence-electron chi connectivity index (χ4n) is 2.54. The van der Waals surface area contributed by atoms with E-state index in [0.717, 1.165) is 41.0 Å². The molecule has 0 radical (unpaired) electrons. The second-order valence-corrected chi connectivity index (χ2v) is 5.79. The van der Waals surface area contributed by atoms with Crippen molar-refractivity contribution in [3.8, 4) is 0 Å². The highest BCUT2D eigenvalue weighted by Gasteiger charge is 2.06. The van der Waals surface area contributed by atoms with Crippen LogP contribution in [0, 0.1) is 6.92 Å². The van der Waals surface area contributed by atoms with Crippen LogP contribution >= 0.6 is 0 Å². The Morgan fingerprint density at radius 1 is 1.29 bits per heavy atom. The number of H-pyrrole nitrogens is 1. The van der Waals surface area contributed by atoms with Crippen molar-refractivity contribution in [1.82, 2.24) is 30.4 Å². The predicted molar refractivity (Wildman–Crippen MR) is 92.6 cm³/mol. The molecule has 126 valence electrons. The summed E-state index contributed by atoms with van der Waals surface area (Å²) in [5.74, 6) is 0.949. The zero-order valence-corrected chi connectivity index (χ0v) is 14.0. The number of hydrogen-bond donors (Lipinski definition) is 3. The standard InChI is InChI=1S/C17H22N6O/c1-12-13(11-20-23(12)2)10-19-17(24)18-9-5-8-16-21-14-6-3-4-7-15(14)22-16/h3-4,6-7,11H,5,8-10H2,1-2H3,(H,21,22)(H2,18,19,24). The fourth-order valence-corrected chi connectivity index (χ4v) is 2.54. The van der Waals surface area contributed by atoms with Gasteiger partial charge >= 0.3 is 6.03 Å². The van der Waals surface area contributed by atoms with Crippen LogP contribution in [0.5, 0.6) is 0 Å². The highest BCUT2D eigenvalue weighted by Crippen LogP contribution is 2.11. The SMILES string of the molecule is Cc1c(CNC(=O)NCCCc2nc3ccccc3[nH]2)cnn1C. The van der Waals surface area contributed by atoms with Crippen LogP contribution in [0.3, 0.4) is 0 Å².